The standard InChI is InChI=1S/C16H20BrN3OS/c1-4-16-18-13(10-22-16)8-20(3)9-15(21)19-14-6-5-12(17)7-11(14)2/h5-7,10H,4,8-9H2,1-3H3,(H,19,21). The monoisotopic (exact) mass is 381 g/mol. The Morgan fingerprint density at radius 3 is 2.86 bits per heavy atom. The number of nitrogens with zero attached hydrogens (tertiary/aromatic N) is 2. The van der Waals surface area contributed by atoms with E-state index in [2.05, 4.69) is 38.5 Å². The van der Waals surface area contributed by atoms with Crippen LogP contribution < -0.4 is 5.32 Å². The largest absolute Gasteiger partial charge is 0.325 e. The zero-order chi connectivity index (χ0) is 16.1. The number of anilines is 1. The molecule has 0 aliphatic heterocycles. The van der Waals surface area contributed by atoms with Crippen LogP contribution in [0.2, 0.25) is 0 Å². The van der Waals surface area contributed by atoms with E-state index in [1.165, 1.54) is 0 Å². The minimum atomic E-state index is -0.0149. The number of rotatable bonds is 6. The predicted molar refractivity (Wildman–Crippen MR) is 95.3 cm³/mol. The highest BCUT2D eigenvalue weighted by molar-refractivity contribution is 9.10. The van der Waals surface area contributed by atoms with Crippen LogP contribution in [-0.2, 0) is 17.8 Å². The van der Waals surface area contributed by atoms with Crippen molar-refractivity contribution in [1.82, 2.24) is 9.88 Å². The van der Waals surface area contributed by atoms with Gasteiger partial charge in [-0.1, -0.05) is 22.9 Å². The number of amides is 1. The number of thiazole rings is 1. The maximum Gasteiger partial charge on any atom is 0.238 e. The summed E-state index contributed by atoms with van der Waals surface area (Å²) < 4.78 is 1.01. The zero-order valence-electron chi connectivity index (χ0n) is 13.0. The number of nitrogens with one attached hydrogen (secondary N) is 1. The molecule has 118 valence electrons. The first-order valence-corrected chi connectivity index (χ1v) is 8.83. The third-order valence-electron chi connectivity index (χ3n) is 3.21. The fourth-order valence-electron chi connectivity index (χ4n) is 2.12. The summed E-state index contributed by atoms with van der Waals surface area (Å²) >= 11 is 5.09. The lowest BCUT2D eigenvalue weighted by Crippen LogP contribution is -2.30. The van der Waals surface area contributed by atoms with E-state index in [9.17, 15) is 4.79 Å². The molecule has 1 N–H and O–H groups in total. The molecule has 2 aromatic rings. The summed E-state index contributed by atoms with van der Waals surface area (Å²) in [6.45, 7) is 5.10. The smallest absolute Gasteiger partial charge is 0.238 e. The van der Waals surface area contributed by atoms with Gasteiger partial charge in [0.05, 0.1) is 17.2 Å². The molecule has 0 aliphatic rings. The van der Waals surface area contributed by atoms with Crippen LogP contribution in [0, 0.1) is 6.92 Å². The molecule has 0 spiro atoms. The Labute approximate surface area is 143 Å². The van der Waals surface area contributed by atoms with Gasteiger partial charge in [0, 0.05) is 22.1 Å². The summed E-state index contributed by atoms with van der Waals surface area (Å²) in [7, 11) is 1.93. The van der Waals surface area contributed by atoms with Gasteiger partial charge >= 0.3 is 0 Å². The minimum Gasteiger partial charge on any atom is -0.325 e. The predicted octanol–water partition coefficient (Wildman–Crippen LogP) is 3.85. The van der Waals surface area contributed by atoms with Crippen molar-refractivity contribution in [1.29, 1.82) is 0 Å². The lowest BCUT2D eigenvalue weighted by Gasteiger charge is -2.15. The molecule has 4 nitrogen and oxygen atoms in total. The van der Waals surface area contributed by atoms with Crippen LogP contribution in [0.5, 0.6) is 0 Å². The summed E-state index contributed by atoms with van der Waals surface area (Å²) in [6.07, 6.45) is 0.956. The highest BCUT2D eigenvalue weighted by Gasteiger charge is 2.10. The molecule has 1 amide bonds. The van der Waals surface area contributed by atoms with Gasteiger partial charge in [0.2, 0.25) is 5.91 Å². The molecule has 6 heteroatoms. The zero-order valence-corrected chi connectivity index (χ0v) is 15.4. The average Bonchev–Trinajstić information content (AvgIpc) is 2.89. The van der Waals surface area contributed by atoms with E-state index < -0.39 is 0 Å². The quantitative estimate of drug-likeness (QED) is 0.826. The van der Waals surface area contributed by atoms with Crippen molar-refractivity contribution >= 4 is 38.9 Å². The van der Waals surface area contributed by atoms with Gasteiger partial charge in [-0.05, 0) is 44.2 Å². The number of aryl methyl sites for hydroxylation is 2. The first kappa shape index (κ1) is 17.1. The first-order valence-electron chi connectivity index (χ1n) is 7.15. The number of hydrogen-bond donors (Lipinski definition) is 1. The molecule has 0 radical (unpaired) electrons. The number of carbonyl (C=O) groups excluding carboxylic acids is 1. The third-order valence-corrected chi connectivity index (χ3v) is 4.74. The van der Waals surface area contributed by atoms with Gasteiger partial charge in [0.25, 0.3) is 0 Å². The van der Waals surface area contributed by atoms with Crippen LogP contribution in [0.25, 0.3) is 0 Å². The van der Waals surface area contributed by atoms with E-state index in [1.54, 1.807) is 11.3 Å². The average molecular weight is 382 g/mol. The van der Waals surface area contributed by atoms with E-state index in [4.69, 9.17) is 0 Å². The second-order valence-corrected chi connectivity index (χ2v) is 7.12. The fraction of sp³-hybridized carbons (Fsp3) is 0.375. The van der Waals surface area contributed by atoms with E-state index in [1.807, 2.05) is 37.1 Å². The molecule has 1 heterocycles. The molecule has 0 aliphatic carbocycles. The van der Waals surface area contributed by atoms with Crippen LogP contribution in [-0.4, -0.2) is 29.4 Å². The molecule has 0 saturated heterocycles. The normalized spacial score (nSPS) is 11.0. The fourth-order valence-corrected chi connectivity index (χ4v) is 3.33. The molecule has 22 heavy (non-hydrogen) atoms. The second kappa shape index (κ2) is 7.85. The van der Waals surface area contributed by atoms with Crippen LogP contribution >= 0.6 is 27.3 Å². The van der Waals surface area contributed by atoms with Crippen molar-refractivity contribution in [2.24, 2.45) is 0 Å². The molecule has 1 aromatic heterocycles. The summed E-state index contributed by atoms with van der Waals surface area (Å²) in [5, 5.41) is 6.15. The van der Waals surface area contributed by atoms with Gasteiger partial charge in [-0.2, -0.15) is 0 Å². The van der Waals surface area contributed by atoms with Crippen molar-refractivity contribution in [2.75, 3.05) is 18.9 Å². The van der Waals surface area contributed by atoms with E-state index in [0.717, 1.165) is 32.8 Å². The van der Waals surface area contributed by atoms with Gasteiger partial charge in [-0.25, -0.2) is 4.98 Å². The first-order chi connectivity index (χ1) is 10.5. The minimum absolute atomic E-state index is 0.0149. The van der Waals surface area contributed by atoms with Gasteiger partial charge in [-0.3, -0.25) is 9.69 Å². The lowest BCUT2D eigenvalue weighted by molar-refractivity contribution is -0.117. The molecule has 0 fully saturated rings. The van der Waals surface area contributed by atoms with Crippen molar-refractivity contribution in [2.45, 2.75) is 26.8 Å². The highest BCUT2D eigenvalue weighted by atomic mass is 79.9. The van der Waals surface area contributed by atoms with Crippen LogP contribution in [0.1, 0.15) is 23.2 Å². The molecule has 0 saturated carbocycles. The summed E-state index contributed by atoms with van der Waals surface area (Å²) in [5.41, 5.74) is 2.91. The Kier molecular flexibility index (Phi) is 6.11. The SMILES string of the molecule is CCc1nc(CN(C)CC(=O)Nc2ccc(Br)cc2C)cs1. The van der Waals surface area contributed by atoms with E-state index >= 15 is 0 Å². The Balaban J connectivity index is 1.88. The Hall–Kier alpha value is -1.24. The third kappa shape index (κ3) is 4.90. The van der Waals surface area contributed by atoms with Gasteiger partial charge < -0.3 is 5.32 Å². The van der Waals surface area contributed by atoms with Crippen molar-refractivity contribution in [3.8, 4) is 0 Å². The summed E-state index contributed by atoms with van der Waals surface area (Å²) in [4.78, 5) is 18.6. The van der Waals surface area contributed by atoms with Crippen molar-refractivity contribution in [3.63, 3.8) is 0 Å². The maximum atomic E-state index is 12.1. The Bertz CT molecular complexity index is 657. The van der Waals surface area contributed by atoms with Crippen molar-refractivity contribution < 1.29 is 4.79 Å². The molecular weight excluding hydrogens is 362 g/mol. The van der Waals surface area contributed by atoms with Crippen molar-refractivity contribution in [3.05, 3.63) is 44.3 Å². The molecule has 1 aromatic carbocycles. The van der Waals surface area contributed by atoms with Gasteiger partial charge in [0.15, 0.2) is 0 Å². The van der Waals surface area contributed by atoms with Gasteiger partial charge in [-0.15, -0.1) is 11.3 Å². The number of hydrogen-bond acceptors (Lipinski definition) is 4. The Morgan fingerprint density at radius 1 is 1.45 bits per heavy atom. The molecular formula is C16H20BrN3OS. The molecule has 0 unspecified atom stereocenters. The lowest BCUT2D eigenvalue weighted by atomic mass is 10.2. The molecule has 2 rings (SSSR count). The number of likely N-dealkylation sites (N-methyl/N-ethyl adjacent to an activating group) is 1. The topological polar surface area (TPSA) is 45.2 Å². The molecule has 0 bridgehead atoms. The van der Waals surface area contributed by atoms with E-state index in [0.29, 0.717) is 13.1 Å². The van der Waals surface area contributed by atoms with Crippen LogP contribution in [0.4, 0.5) is 5.69 Å². The number of benzene rings is 1. The molecule has 0 atom stereocenters. The Morgan fingerprint density at radius 2 is 2.23 bits per heavy atom. The van der Waals surface area contributed by atoms with Crippen LogP contribution in [0.3, 0.4) is 0 Å². The summed E-state index contributed by atoms with van der Waals surface area (Å²) in [6, 6.07) is 5.82. The maximum absolute atomic E-state index is 12.1. The number of halogens is 1. The highest BCUT2D eigenvalue weighted by Crippen LogP contribution is 2.20. The summed E-state index contributed by atoms with van der Waals surface area (Å²) in [5.74, 6) is -0.0149. The van der Waals surface area contributed by atoms with Gasteiger partial charge in [0.1, 0.15) is 0 Å². The number of carbonyl (C=O) groups is 1. The second-order valence-electron chi connectivity index (χ2n) is 5.27. The van der Waals surface area contributed by atoms with Crippen LogP contribution in [0.15, 0.2) is 28.1 Å². The number of aromatic nitrogens is 1. The van der Waals surface area contributed by atoms with E-state index in [-0.39, 0.29) is 5.91 Å².